The SMILES string of the molecule is Nc1ccc(Br)c(F)c1/C=N/C(F)F. The Labute approximate surface area is 86.8 Å². The number of hydrogen-bond donors (Lipinski definition) is 1. The Morgan fingerprint density at radius 2 is 2.07 bits per heavy atom. The van der Waals surface area contributed by atoms with Crippen molar-refractivity contribution >= 4 is 27.8 Å². The zero-order chi connectivity index (χ0) is 10.7. The summed E-state index contributed by atoms with van der Waals surface area (Å²) >= 11 is 2.91. The second-order valence-electron chi connectivity index (χ2n) is 2.42. The summed E-state index contributed by atoms with van der Waals surface area (Å²) in [5.74, 6) is -0.700. The quantitative estimate of drug-likeness (QED) is 0.499. The van der Waals surface area contributed by atoms with Crippen molar-refractivity contribution in [3.8, 4) is 0 Å². The molecule has 0 fully saturated rings. The molecule has 1 aromatic carbocycles. The minimum atomic E-state index is -2.87. The molecule has 1 aromatic rings. The molecule has 0 saturated heterocycles. The Morgan fingerprint density at radius 1 is 1.43 bits per heavy atom. The molecule has 0 heterocycles. The number of nitrogens with two attached hydrogens (primary N) is 1. The average molecular weight is 267 g/mol. The maximum atomic E-state index is 13.2. The molecular weight excluding hydrogens is 261 g/mol. The van der Waals surface area contributed by atoms with Crippen molar-refractivity contribution < 1.29 is 13.2 Å². The van der Waals surface area contributed by atoms with E-state index in [0.717, 1.165) is 6.21 Å². The monoisotopic (exact) mass is 266 g/mol. The number of nitrogens with zero attached hydrogens (tertiary/aromatic N) is 1. The predicted octanol–water partition coefficient (Wildman–Crippen LogP) is 2.81. The van der Waals surface area contributed by atoms with Gasteiger partial charge in [0.2, 0.25) is 0 Å². The molecule has 14 heavy (non-hydrogen) atoms. The summed E-state index contributed by atoms with van der Waals surface area (Å²) in [7, 11) is 0. The molecule has 0 amide bonds. The first kappa shape index (κ1) is 11.0. The van der Waals surface area contributed by atoms with Crippen LogP contribution in [0.5, 0.6) is 0 Å². The van der Waals surface area contributed by atoms with Gasteiger partial charge in [-0.05, 0) is 28.1 Å². The maximum absolute atomic E-state index is 13.2. The van der Waals surface area contributed by atoms with Crippen molar-refractivity contribution in [3.63, 3.8) is 0 Å². The van der Waals surface area contributed by atoms with Gasteiger partial charge in [0.05, 0.1) is 10.0 Å². The molecular formula is C8H6BrF3N2. The van der Waals surface area contributed by atoms with Crippen LogP contribution in [0.15, 0.2) is 21.6 Å². The van der Waals surface area contributed by atoms with E-state index in [2.05, 4.69) is 20.9 Å². The van der Waals surface area contributed by atoms with Crippen molar-refractivity contribution in [1.29, 1.82) is 0 Å². The zero-order valence-corrected chi connectivity index (χ0v) is 8.43. The summed E-state index contributed by atoms with van der Waals surface area (Å²) in [6.45, 7) is -2.87. The largest absolute Gasteiger partial charge is 0.398 e. The molecule has 0 saturated carbocycles. The summed E-state index contributed by atoms with van der Waals surface area (Å²) in [4.78, 5) is 2.76. The Morgan fingerprint density at radius 3 is 2.64 bits per heavy atom. The van der Waals surface area contributed by atoms with Crippen molar-refractivity contribution in [2.45, 2.75) is 6.55 Å². The second-order valence-corrected chi connectivity index (χ2v) is 3.27. The van der Waals surface area contributed by atoms with Crippen LogP contribution in [-0.4, -0.2) is 12.8 Å². The molecule has 2 N–H and O–H groups in total. The highest BCUT2D eigenvalue weighted by Crippen LogP contribution is 2.22. The fourth-order valence-corrected chi connectivity index (χ4v) is 1.19. The number of aliphatic imine (C=N–C) groups is 1. The summed E-state index contributed by atoms with van der Waals surface area (Å²) in [6, 6.07) is 2.80. The molecule has 0 aromatic heterocycles. The standard InChI is InChI=1S/C8H6BrF3N2/c9-5-1-2-6(13)4(7(5)10)3-14-8(11)12/h1-3,8H,13H2/b14-3+. The predicted molar refractivity (Wildman–Crippen MR) is 52.1 cm³/mol. The van der Waals surface area contributed by atoms with Crippen LogP contribution in [0.25, 0.3) is 0 Å². The lowest BCUT2D eigenvalue weighted by Crippen LogP contribution is -1.99. The van der Waals surface area contributed by atoms with E-state index in [4.69, 9.17) is 5.73 Å². The van der Waals surface area contributed by atoms with E-state index >= 15 is 0 Å². The Hall–Kier alpha value is -1.04. The Kier molecular flexibility index (Phi) is 3.51. The van der Waals surface area contributed by atoms with Gasteiger partial charge in [-0.1, -0.05) is 0 Å². The van der Waals surface area contributed by atoms with Crippen molar-refractivity contribution in [2.75, 3.05) is 5.73 Å². The van der Waals surface area contributed by atoms with Crippen LogP contribution in [0.2, 0.25) is 0 Å². The van der Waals surface area contributed by atoms with Crippen molar-refractivity contribution in [1.82, 2.24) is 0 Å². The third-order valence-corrected chi connectivity index (χ3v) is 2.10. The fourth-order valence-electron chi connectivity index (χ4n) is 0.843. The highest BCUT2D eigenvalue weighted by molar-refractivity contribution is 9.10. The topological polar surface area (TPSA) is 38.4 Å². The van der Waals surface area contributed by atoms with Crippen LogP contribution in [0.1, 0.15) is 5.56 Å². The third kappa shape index (κ3) is 2.47. The minimum absolute atomic E-state index is 0.0649. The number of benzene rings is 1. The number of anilines is 1. The van der Waals surface area contributed by atoms with Crippen LogP contribution in [0.3, 0.4) is 0 Å². The molecule has 1 rings (SSSR count). The van der Waals surface area contributed by atoms with Gasteiger partial charge in [-0.2, -0.15) is 8.78 Å². The molecule has 0 atom stereocenters. The molecule has 0 unspecified atom stereocenters. The van der Waals surface area contributed by atoms with E-state index in [1.807, 2.05) is 0 Å². The summed E-state index contributed by atoms with van der Waals surface area (Å²) in [5.41, 5.74) is 5.31. The fraction of sp³-hybridized carbons (Fsp3) is 0.125. The highest BCUT2D eigenvalue weighted by atomic mass is 79.9. The number of nitrogen functional groups attached to an aromatic ring is 1. The van der Waals surface area contributed by atoms with Crippen molar-refractivity contribution in [3.05, 3.63) is 28.0 Å². The lowest BCUT2D eigenvalue weighted by atomic mass is 10.2. The zero-order valence-electron chi connectivity index (χ0n) is 6.85. The van der Waals surface area contributed by atoms with E-state index < -0.39 is 12.4 Å². The van der Waals surface area contributed by atoms with Gasteiger partial charge in [-0.15, -0.1) is 0 Å². The van der Waals surface area contributed by atoms with Gasteiger partial charge in [0.25, 0.3) is 0 Å². The van der Waals surface area contributed by atoms with Crippen LogP contribution >= 0.6 is 15.9 Å². The second kappa shape index (κ2) is 4.45. The number of hydrogen-bond acceptors (Lipinski definition) is 2. The molecule has 0 radical (unpaired) electrons. The van der Waals surface area contributed by atoms with Gasteiger partial charge in [-0.25, -0.2) is 9.38 Å². The first-order chi connectivity index (χ1) is 6.52. The Bertz CT molecular complexity index is 366. The third-order valence-electron chi connectivity index (χ3n) is 1.48. The molecule has 0 aliphatic heterocycles. The van der Waals surface area contributed by atoms with Gasteiger partial charge in [0, 0.05) is 11.9 Å². The van der Waals surface area contributed by atoms with E-state index in [0.29, 0.717) is 0 Å². The minimum Gasteiger partial charge on any atom is -0.398 e. The van der Waals surface area contributed by atoms with Crippen molar-refractivity contribution in [2.24, 2.45) is 4.99 Å². The molecule has 0 spiro atoms. The van der Waals surface area contributed by atoms with Gasteiger partial charge in [0.15, 0.2) is 0 Å². The number of rotatable bonds is 2. The van der Waals surface area contributed by atoms with E-state index in [9.17, 15) is 13.2 Å². The summed E-state index contributed by atoms with van der Waals surface area (Å²) in [6.07, 6.45) is 0.722. The molecule has 0 aliphatic rings. The first-order valence-corrected chi connectivity index (χ1v) is 4.36. The maximum Gasteiger partial charge on any atom is 0.331 e. The van der Waals surface area contributed by atoms with Gasteiger partial charge >= 0.3 is 6.55 Å². The van der Waals surface area contributed by atoms with Gasteiger partial charge in [-0.3, -0.25) is 0 Å². The Balaban J connectivity index is 3.13. The molecule has 6 heteroatoms. The van der Waals surface area contributed by atoms with E-state index in [1.165, 1.54) is 12.1 Å². The molecule has 0 aliphatic carbocycles. The lowest BCUT2D eigenvalue weighted by Gasteiger charge is -2.02. The molecule has 76 valence electrons. The van der Waals surface area contributed by atoms with Gasteiger partial charge in [0.1, 0.15) is 5.82 Å². The van der Waals surface area contributed by atoms with Gasteiger partial charge < -0.3 is 5.73 Å². The van der Waals surface area contributed by atoms with Crippen LogP contribution in [0.4, 0.5) is 18.9 Å². The summed E-state index contributed by atoms with van der Waals surface area (Å²) < 4.78 is 36.8. The van der Waals surface area contributed by atoms with E-state index in [1.54, 1.807) is 0 Å². The normalized spacial score (nSPS) is 11.5. The van der Waals surface area contributed by atoms with E-state index in [-0.39, 0.29) is 15.7 Å². The molecule has 2 nitrogen and oxygen atoms in total. The van der Waals surface area contributed by atoms with Crippen LogP contribution in [-0.2, 0) is 0 Å². The smallest absolute Gasteiger partial charge is 0.331 e. The summed E-state index contributed by atoms with van der Waals surface area (Å²) in [5, 5.41) is 0. The van der Waals surface area contributed by atoms with Crippen LogP contribution < -0.4 is 5.73 Å². The average Bonchev–Trinajstić information content (AvgIpc) is 2.11. The highest BCUT2D eigenvalue weighted by Gasteiger charge is 2.08. The number of alkyl halides is 2. The lowest BCUT2D eigenvalue weighted by molar-refractivity contribution is 0.160. The molecule has 0 bridgehead atoms. The number of halogens is 4. The first-order valence-electron chi connectivity index (χ1n) is 3.57. The van der Waals surface area contributed by atoms with Crippen LogP contribution in [0, 0.1) is 5.82 Å².